The second-order valence-corrected chi connectivity index (χ2v) is 8.24. The Morgan fingerprint density at radius 3 is 3.08 bits per heavy atom. The molecule has 0 aliphatic carbocycles. The highest BCUT2D eigenvalue weighted by atomic mass is 32.2. The summed E-state index contributed by atoms with van der Waals surface area (Å²) < 4.78 is 26.0. The molecule has 1 aliphatic heterocycles. The highest BCUT2D eigenvalue weighted by Crippen LogP contribution is 2.35. The molecular formula is C17H17N5O2S. The number of H-pyrrole nitrogens is 1. The lowest BCUT2D eigenvalue weighted by molar-refractivity contribution is 0.317. The Bertz CT molecular complexity index is 1080. The number of nitriles is 1. The lowest BCUT2D eigenvalue weighted by atomic mass is 9.89. The zero-order valence-electron chi connectivity index (χ0n) is 13.5. The molecule has 1 atom stereocenters. The molecule has 0 aromatic carbocycles. The van der Waals surface area contributed by atoms with Crippen LogP contribution < -0.4 is 0 Å². The van der Waals surface area contributed by atoms with Gasteiger partial charge >= 0.3 is 0 Å². The zero-order valence-corrected chi connectivity index (χ0v) is 14.3. The van der Waals surface area contributed by atoms with Crippen LogP contribution in [0.5, 0.6) is 0 Å². The van der Waals surface area contributed by atoms with Gasteiger partial charge in [-0.25, -0.2) is 17.7 Å². The predicted molar refractivity (Wildman–Crippen MR) is 94.3 cm³/mol. The molecule has 1 aliphatic rings. The van der Waals surface area contributed by atoms with E-state index in [-0.39, 0.29) is 5.92 Å². The number of fused-ring (bicyclic) bond motifs is 3. The molecule has 4 heterocycles. The Kier molecular flexibility index (Phi) is 3.90. The Balaban J connectivity index is 1.79. The van der Waals surface area contributed by atoms with Gasteiger partial charge in [0.15, 0.2) is 5.75 Å². The quantitative estimate of drug-likeness (QED) is 0.775. The monoisotopic (exact) mass is 355 g/mol. The summed E-state index contributed by atoms with van der Waals surface area (Å²) in [7, 11) is -3.52. The fourth-order valence-corrected chi connectivity index (χ4v) is 4.80. The van der Waals surface area contributed by atoms with E-state index < -0.39 is 15.8 Å². The lowest BCUT2D eigenvalue weighted by Crippen LogP contribution is -2.40. The minimum absolute atomic E-state index is 0.0771. The summed E-state index contributed by atoms with van der Waals surface area (Å²) >= 11 is 0. The second kappa shape index (κ2) is 6.10. The normalized spacial score (nSPS) is 19.2. The predicted octanol–water partition coefficient (Wildman–Crippen LogP) is 2.14. The van der Waals surface area contributed by atoms with Gasteiger partial charge in [-0.15, -0.1) is 0 Å². The Morgan fingerprint density at radius 2 is 2.24 bits per heavy atom. The van der Waals surface area contributed by atoms with Crippen molar-refractivity contribution < 1.29 is 8.42 Å². The van der Waals surface area contributed by atoms with Crippen molar-refractivity contribution in [1.82, 2.24) is 19.3 Å². The maximum atomic E-state index is 12.3. The van der Waals surface area contributed by atoms with Crippen molar-refractivity contribution in [2.24, 2.45) is 0 Å². The third kappa shape index (κ3) is 2.75. The molecule has 0 spiro atoms. The van der Waals surface area contributed by atoms with E-state index in [4.69, 9.17) is 5.26 Å². The molecule has 0 saturated carbocycles. The summed E-state index contributed by atoms with van der Waals surface area (Å²) in [5.41, 5.74) is 2.70. The molecule has 0 amide bonds. The second-order valence-electron chi connectivity index (χ2n) is 6.27. The number of sulfonamides is 1. The minimum atomic E-state index is -3.52. The molecule has 1 fully saturated rings. The van der Waals surface area contributed by atoms with Crippen molar-refractivity contribution in [2.75, 3.05) is 18.8 Å². The number of hydrogen-bond acceptors (Lipinski definition) is 5. The van der Waals surface area contributed by atoms with Gasteiger partial charge in [-0.2, -0.15) is 5.26 Å². The smallest absolute Gasteiger partial charge is 0.227 e. The van der Waals surface area contributed by atoms with Crippen LogP contribution in [-0.2, 0) is 10.0 Å². The number of aromatic amines is 1. The van der Waals surface area contributed by atoms with Gasteiger partial charge in [0.05, 0.1) is 17.8 Å². The molecule has 8 heteroatoms. The summed E-state index contributed by atoms with van der Waals surface area (Å²) in [6.07, 6.45) is 7.02. The maximum Gasteiger partial charge on any atom is 0.227 e. The molecule has 0 radical (unpaired) electrons. The van der Waals surface area contributed by atoms with Crippen molar-refractivity contribution in [1.29, 1.82) is 5.26 Å². The van der Waals surface area contributed by atoms with Crippen LogP contribution in [0.1, 0.15) is 24.3 Å². The number of hydrogen-bond donors (Lipinski definition) is 1. The van der Waals surface area contributed by atoms with Gasteiger partial charge in [-0.3, -0.25) is 4.98 Å². The van der Waals surface area contributed by atoms with Crippen LogP contribution in [0.2, 0.25) is 0 Å². The van der Waals surface area contributed by atoms with Crippen LogP contribution in [0.4, 0.5) is 0 Å². The van der Waals surface area contributed by atoms with Crippen molar-refractivity contribution >= 4 is 32.0 Å². The van der Waals surface area contributed by atoms with E-state index in [2.05, 4.69) is 15.0 Å². The summed E-state index contributed by atoms with van der Waals surface area (Å²) in [4.78, 5) is 11.9. The van der Waals surface area contributed by atoms with E-state index >= 15 is 0 Å². The van der Waals surface area contributed by atoms with Gasteiger partial charge in [0, 0.05) is 36.3 Å². The highest BCUT2D eigenvalue weighted by molar-refractivity contribution is 7.89. The summed E-state index contributed by atoms with van der Waals surface area (Å²) in [5.74, 6) is -0.392. The first-order chi connectivity index (χ1) is 12.1. The fraction of sp³-hybridized carbons (Fsp3) is 0.353. The van der Waals surface area contributed by atoms with E-state index in [1.165, 1.54) is 4.31 Å². The number of rotatable bonds is 3. The Morgan fingerprint density at radius 1 is 1.36 bits per heavy atom. The molecule has 7 nitrogen and oxygen atoms in total. The van der Waals surface area contributed by atoms with E-state index in [1.807, 2.05) is 18.3 Å². The lowest BCUT2D eigenvalue weighted by Gasteiger charge is -2.32. The van der Waals surface area contributed by atoms with Gasteiger partial charge in [0.2, 0.25) is 10.0 Å². The SMILES string of the molecule is N#CCS(=O)(=O)N1CCCC(c2ccnc3cnc4[nH]ccc4c23)C1. The maximum absolute atomic E-state index is 12.3. The largest absolute Gasteiger partial charge is 0.346 e. The topological polar surface area (TPSA) is 103 Å². The van der Waals surface area contributed by atoms with E-state index in [0.717, 1.165) is 40.3 Å². The number of nitrogens with one attached hydrogen (secondary N) is 1. The van der Waals surface area contributed by atoms with Gasteiger partial charge < -0.3 is 4.98 Å². The molecule has 4 rings (SSSR count). The molecule has 1 N–H and O–H groups in total. The first-order valence-corrected chi connectivity index (χ1v) is 9.76. The van der Waals surface area contributed by atoms with Crippen molar-refractivity contribution in [3.63, 3.8) is 0 Å². The molecule has 1 saturated heterocycles. The first kappa shape index (κ1) is 16.0. The minimum Gasteiger partial charge on any atom is -0.346 e. The summed E-state index contributed by atoms with van der Waals surface area (Å²) in [6.45, 7) is 0.877. The number of piperidine rings is 1. The highest BCUT2D eigenvalue weighted by Gasteiger charge is 2.30. The van der Waals surface area contributed by atoms with Gasteiger partial charge in [-0.05, 0) is 36.5 Å². The van der Waals surface area contributed by atoms with Gasteiger partial charge in [-0.1, -0.05) is 0 Å². The van der Waals surface area contributed by atoms with Crippen LogP contribution in [0.15, 0.2) is 30.7 Å². The van der Waals surface area contributed by atoms with Crippen molar-refractivity contribution in [3.05, 3.63) is 36.3 Å². The Labute approximate surface area is 145 Å². The number of pyridine rings is 2. The number of nitrogens with zero attached hydrogens (tertiary/aromatic N) is 4. The van der Waals surface area contributed by atoms with E-state index in [0.29, 0.717) is 13.1 Å². The Hall–Kier alpha value is -2.50. The molecule has 128 valence electrons. The van der Waals surface area contributed by atoms with E-state index in [1.54, 1.807) is 18.5 Å². The first-order valence-electron chi connectivity index (χ1n) is 8.15. The third-order valence-corrected chi connectivity index (χ3v) is 6.40. The molecule has 3 aromatic heterocycles. The molecule has 25 heavy (non-hydrogen) atoms. The molecule has 3 aromatic rings. The average Bonchev–Trinajstić information content (AvgIpc) is 3.10. The standard InChI is InChI=1S/C17H17N5O2S/c18-5-9-25(23,24)22-8-1-2-12(11-22)13-3-6-19-15-10-21-17-14(16(13)15)4-7-20-17/h3-4,6-7,10,12H,1-2,8-9,11H2,(H,20,21). The van der Waals surface area contributed by atoms with Gasteiger partial charge in [0.1, 0.15) is 5.65 Å². The third-order valence-electron chi connectivity index (χ3n) is 4.79. The average molecular weight is 355 g/mol. The fourth-order valence-electron chi connectivity index (χ4n) is 3.64. The molecule has 1 unspecified atom stereocenters. The van der Waals surface area contributed by atoms with Crippen molar-refractivity contribution in [2.45, 2.75) is 18.8 Å². The van der Waals surface area contributed by atoms with Crippen LogP contribution in [0, 0.1) is 11.3 Å². The van der Waals surface area contributed by atoms with Crippen LogP contribution in [0.3, 0.4) is 0 Å². The summed E-state index contributed by atoms with van der Waals surface area (Å²) in [5, 5.41) is 10.8. The van der Waals surface area contributed by atoms with E-state index in [9.17, 15) is 8.42 Å². The number of aromatic nitrogens is 3. The van der Waals surface area contributed by atoms with Crippen LogP contribution in [0.25, 0.3) is 21.9 Å². The van der Waals surface area contributed by atoms with Gasteiger partial charge in [0.25, 0.3) is 0 Å². The van der Waals surface area contributed by atoms with Crippen LogP contribution >= 0.6 is 0 Å². The van der Waals surface area contributed by atoms with Crippen molar-refractivity contribution in [3.8, 4) is 6.07 Å². The molecule has 0 bridgehead atoms. The summed E-state index contributed by atoms with van der Waals surface area (Å²) in [6, 6.07) is 5.71. The van der Waals surface area contributed by atoms with Crippen LogP contribution in [-0.4, -0.2) is 46.5 Å². The molecular weight excluding hydrogens is 338 g/mol. The zero-order chi connectivity index (χ0) is 17.4.